The van der Waals surface area contributed by atoms with Crippen molar-refractivity contribution in [1.29, 1.82) is 0 Å². The van der Waals surface area contributed by atoms with Crippen LogP contribution in [0.15, 0.2) is 77.2 Å². The molecule has 1 aliphatic carbocycles. The Morgan fingerprint density at radius 1 is 0.923 bits per heavy atom. The molecule has 3 rings (SSSR count). The van der Waals surface area contributed by atoms with Gasteiger partial charge >= 0.3 is 0 Å². The van der Waals surface area contributed by atoms with Gasteiger partial charge < -0.3 is 0 Å². The molecule has 0 spiro atoms. The average molecular weight is 362 g/mol. The lowest BCUT2D eigenvalue weighted by atomic mass is 9.99. The third-order valence-corrected chi connectivity index (χ3v) is 5.98. The van der Waals surface area contributed by atoms with Crippen LogP contribution in [0.2, 0.25) is 0 Å². The second-order valence-corrected chi connectivity index (χ2v) is 8.13. The molecule has 0 bridgehead atoms. The van der Waals surface area contributed by atoms with Gasteiger partial charge in [0.15, 0.2) is 0 Å². The molecule has 2 aromatic rings. The third-order valence-electron chi connectivity index (χ3n) is 4.65. The first kappa shape index (κ1) is 18.8. The lowest BCUT2D eigenvalue weighted by Gasteiger charge is -2.28. The third kappa shape index (κ3) is 5.27. The van der Waals surface area contributed by atoms with Gasteiger partial charge in [0.2, 0.25) is 0 Å². The lowest BCUT2D eigenvalue weighted by molar-refractivity contribution is 0.347. The summed E-state index contributed by atoms with van der Waals surface area (Å²) in [7, 11) is 4.27. The highest BCUT2D eigenvalue weighted by Crippen LogP contribution is 2.39. The monoisotopic (exact) mass is 361 g/mol. The Balaban J connectivity index is 1.91. The van der Waals surface area contributed by atoms with E-state index < -0.39 is 0 Å². The van der Waals surface area contributed by atoms with Crippen LogP contribution in [0, 0.1) is 11.8 Å². The fourth-order valence-corrected chi connectivity index (χ4v) is 4.54. The Bertz CT molecular complexity index is 768. The fourth-order valence-electron chi connectivity index (χ4n) is 3.20. The minimum absolute atomic E-state index is 0.158. The number of hydrogen-bond acceptors (Lipinski definition) is 2. The molecule has 2 aromatic carbocycles. The number of rotatable bonds is 5. The quantitative estimate of drug-likeness (QED) is 0.478. The summed E-state index contributed by atoms with van der Waals surface area (Å²) in [5.74, 6) is 7.09. The van der Waals surface area contributed by atoms with E-state index in [1.807, 2.05) is 11.8 Å². The van der Waals surface area contributed by atoms with Crippen molar-refractivity contribution >= 4 is 11.8 Å². The van der Waals surface area contributed by atoms with Gasteiger partial charge in [-0.2, -0.15) is 0 Å². The van der Waals surface area contributed by atoms with Crippen LogP contribution in [-0.4, -0.2) is 25.0 Å². The van der Waals surface area contributed by atoms with Crippen LogP contribution in [0.5, 0.6) is 0 Å². The predicted octanol–water partition coefficient (Wildman–Crippen LogP) is 5.95. The maximum Gasteiger partial charge on any atom is 0.0878 e. The van der Waals surface area contributed by atoms with Crippen LogP contribution in [0.3, 0.4) is 0 Å². The number of allylic oxidation sites excluding steroid dienone is 2. The van der Waals surface area contributed by atoms with Gasteiger partial charge in [0.25, 0.3) is 0 Å². The van der Waals surface area contributed by atoms with Crippen LogP contribution in [0.4, 0.5) is 0 Å². The SMILES string of the molecule is CN(C)C(C#CC1=CCCCC1)C(Sc1ccccc1)c1ccccc1. The molecule has 0 N–H and O–H groups in total. The van der Waals surface area contributed by atoms with Crippen molar-refractivity contribution in [2.45, 2.75) is 41.9 Å². The molecule has 0 saturated carbocycles. The van der Waals surface area contributed by atoms with Crippen molar-refractivity contribution in [2.24, 2.45) is 0 Å². The molecule has 0 aliphatic heterocycles. The van der Waals surface area contributed by atoms with Crippen molar-refractivity contribution in [3.05, 3.63) is 77.9 Å². The van der Waals surface area contributed by atoms with E-state index in [0.717, 1.165) is 6.42 Å². The Morgan fingerprint density at radius 2 is 1.62 bits per heavy atom. The highest BCUT2D eigenvalue weighted by atomic mass is 32.2. The van der Waals surface area contributed by atoms with Crippen molar-refractivity contribution in [1.82, 2.24) is 4.90 Å². The molecular weight excluding hydrogens is 334 g/mol. The standard InChI is InChI=1S/C24H27NS/c1-25(2)23(19-18-20-12-6-3-7-13-20)24(21-14-8-4-9-15-21)26-22-16-10-5-11-17-22/h4-5,8-12,14-17,23-24H,3,6-7,13H2,1-2H3. The summed E-state index contributed by atoms with van der Waals surface area (Å²) in [4.78, 5) is 3.54. The Morgan fingerprint density at radius 3 is 2.23 bits per heavy atom. The smallest absolute Gasteiger partial charge is 0.0878 e. The summed E-state index contributed by atoms with van der Waals surface area (Å²) in [5, 5.41) is 0.269. The maximum absolute atomic E-state index is 3.59. The minimum atomic E-state index is 0.158. The summed E-state index contributed by atoms with van der Waals surface area (Å²) in [6.45, 7) is 0. The second-order valence-electron chi connectivity index (χ2n) is 6.92. The first-order chi connectivity index (χ1) is 12.7. The second kappa shape index (κ2) is 9.67. The van der Waals surface area contributed by atoms with E-state index in [1.165, 1.54) is 35.3 Å². The van der Waals surface area contributed by atoms with Gasteiger partial charge in [-0.1, -0.05) is 66.4 Å². The molecule has 0 radical (unpaired) electrons. The van der Waals surface area contributed by atoms with Crippen molar-refractivity contribution in [2.75, 3.05) is 14.1 Å². The number of hydrogen-bond donors (Lipinski definition) is 0. The summed E-state index contributed by atoms with van der Waals surface area (Å²) in [6.07, 6.45) is 7.21. The zero-order valence-electron chi connectivity index (χ0n) is 15.7. The number of likely N-dealkylation sites (N-methyl/N-ethyl adjacent to an activating group) is 1. The topological polar surface area (TPSA) is 3.24 Å². The fraction of sp³-hybridized carbons (Fsp3) is 0.333. The van der Waals surface area contributed by atoms with E-state index in [4.69, 9.17) is 0 Å². The molecule has 2 atom stereocenters. The van der Waals surface area contributed by atoms with Crippen LogP contribution >= 0.6 is 11.8 Å². The molecule has 0 heterocycles. The number of benzene rings is 2. The summed E-state index contributed by atoms with van der Waals surface area (Å²) in [5.41, 5.74) is 2.64. The molecule has 0 fully saturated rings. The van der Waals surface area contributed by atoms with E-state index in [9.17, 15) is 0 Å². The Kier molecular flexibility index (Phi) is 7.00. The van der Waals surface area contributed by atoms with Gasteiger partial charge in [0, 0.05) is 4.90 Å². The van der Waals surface area contributed by atoms with E-state index in [0.29, 0.717) is 0 Å². The molecule has 1 aliphatic rings. The molecule has 2 heteroatoms. The van der Waals surface area contributed by atoms with E-state index in [1.54, 1.807) is 0 Å². The molecule has 2 unspecified atom stereocenters. The molecule has 1 nitrogen and oxygen atoms in total. The highest BCUT2D eigenvalue weighted by molar-refractivity contribution is 7.99. The molecule has 26 heavy (non-hydrogen) atoms. The van der Waals surface area contributed by atoms with E-state index >= 15 is 0 Å². The summed E-state index contributed by atoms with van der Waals surface area (Å²) >= 11 is 1.90. The van der Waals surface area contributed by atoms with Gasteiger partial charge in [0.05, 0.1) is 11.3 Å². The minimum Gasteiger partial charge on any atom is -0.295 e. The van der Waals surface area contributed by atoms with Crippen LogP contribution in [-0.2, 0) is 0 Å². The lowest BCUT2D eigenvalue weighted by Crippen LogP contribution is -2.31. The average Bonchev–Trinajstić information content (AvgIpc) is 2.69. The normalized spacial score (nSPS) is 16.3. The maximum atomic E-state index is 3.59. The van der Waals surface area contributed by atoms with Crippen LogP contribution in [0.1, 0.15) is 36.5 Å². The molecule has 134 valence electrons. The largest absolute Gasteiger partial charge is 0.295 e. The van der Waals surface area contributed by atoms with Crippen LogP contribution in [0.25, 0.3) is 0 Å². The van der Waals surface area contributed by atoms with E-state index in [-0.39, 0.29) is 11.3 Å². The number of nitrogens with zero attached hydrogens (tertiary/aromatic N) is 1. The van der Waals surface area contributed by atoms with E-state index in [2.05, 4.69) is 97.6 Å². The first-order valence-corrected chi connectivity index (χ1v) is 10.3. The number of thioether (sulfide) groups is 1. The zero-order chi connectivity index (χ0) is 18.2. The van der Waals surface area contributed by atoms with Crippen molar-refractivity contribution < 1.29 is 0 Å². The van der Waals surface area contributed by atoms with Crippen LogP contribution < -0.4 is 0 Å². The molecule has 0 aromatic heterocycles. The Hall–Kier alpha value is -1.95. The highest BCUT2D eigenvalue weighted by Gasteiger charge is 2.25. The summed E-state index contributed by atoms with van der Waals surface area (Å²) < 4.78 is 0. The van der Waals surface area contributed by atoms with Gasteiger partial charge in [-0.25, -0.2) is 0 Å². The molecule has 0 amide bonds. The summed E-state index contributed by atoms with van der Waals surface area (Å²) in [6, 6.07) is 21.6. The molecule has 0 saturated heterocycles. The van der Waals surface area contributed by atoms with Gasteiger partial charge in [-0.15, -0.1) is 11.8 Å². The predicted molar refractivity (Wildman–Crippen MR) is 113 cm³/mol. The van der Waals surface area contributed by atoms with Gasteiger partial charge in [0.1, 0.15) is 0 Å². The van der Waals surface area contributed by atoms with Crippen molar-refractivity contribution in [3.8, 4) is 11.8 Å². The Labute approximate surface area is 162 Å². The van der Waals surface area contributed by atoms with Gasteiger partial charge in [-0.3, -0.25) is 4.90 Å². The molecular formula is C24H27NS. The van der Waals surface area contributed by atoms with Gasteiger partial charge in [-0.05, 0) is 63.0 Å². The van der Waals surface area contributed by atoms with Crippen molar-refractivity contribution in [3.63, 3.8) is 0 Å². The first-order valence-electron chi connectivity index (χ1n) is 9.37. The zero-order valence-corrected chi connectivity index (χ0v) is 16.5.